The van der Waals surface area contributed by atoms with Crippen molar-refractivity contribution in [2.24, 2.45) is 0 Å². The summed E-state index contributed by atoms with van der Waals surface area (Å²) in [5.41, 5.74) is 0. The fourth-order valence-electron chi connectivity index (χ4n) is 1.93. The van der Waals surface area contributed by atoms with Crippen molar-refractivity contribution >= 4 is 41.8 Å². The van der Waals surface area contributed by atoms with E-state index in [1.54, 1.807) is 0 Å². The van der Waals surface area contributed by atoms with E-state index in [1.807, 2.05) is 23.5 Å². The molecule has 7 heteroatoms. The lowest BCUT2D eigenvalue weighted by Gasteiger charge is -2.24. The van der Waals surface area contributed by atoms with Crippen LogP contribution in [0, 0.1) is 0 Å². The lowest BCUT2D eigenvalue weighted by Crippen LogP contribution is -2.45. The zero-order valence-corrected chi connectivity index (χ0v) is 12.8. The Morgan fingerprint density at radius 2 is 2.33 bits per heavy atom. The van der Waals surface area contributed by atoms with Gasteiger partial charge in [-0.05, 0) is 0 Å². The number of ether oxygens (including phenoxy) is 1. The van der Waals surface area contributed by atoms with Gasteiger partial charge < -0.3 is 15.4 Å². The number of morpholine rings is 1. The number of amides is 1. The summed E-state index contributed by atoms with van der Waals surface area (Å²) in [6.45, 7) is 3.08. The molecule has 2 rings (SSSR count). The number of halogens is 1. The Balaban J connectivity index is 0.00000162. The largest absolute Gasteiger partial charge is 0.378 e. The summed E-state index contributed by atoms with van der Waals surface area (Å²) in [7, 11) is 0. The smallest absolute Gasteiger partial charge is 0.221 e. The van der Waals surface area contributed by atoms with Gasteiger partial charge in [0.25, 0.3) is 0 Å². The third-order valence-electron chi connectivity index (χ3n) is 2.84. The molecule has 2 atom stereocenters. The van der Waals surface area contributed by atoms with Gasteiger partial charge in [-0.2, -0.15) is 23.5 Å². The standard InChI is InChI=1S/C11H20N2O2S2.ClH/c14-11(5-9-7-15-2-1-12-9)13-6-10-8-16-3-4-17-10;/h9-10,12H,1-8H2,(H,13,14);1H. The first-order valence-corrected chi connectivity index (χ1v) is 8.32. The molecule has 18 heavy (non-hydrogen) atoms. The zero-order chi connectivity index (χ0) is 11.9. The summed E-state index contributed by atoms with van der Waals surface area (Å²) in [5, 5.41) is 6.91. The van der Waals surface area contributed by atoms with Crippen LogP contribution >= 0.6 is 35.9 Å². The van der Waals surface area contributed by atoms with E-state index in [2.05, 4.69) is 10.6 Å². The van der Waals surface area contributed by atoms with E-state index in [1.165, 1.54) is 11.5 Å². The number of thioether (sulfide) groups is 2. The lowest BCUT2D eigenvalue weighted by molar-refractivity contribution is -0.122. The number of carbonyl (C=O) groups is 1. The number of carbonyl (C=O) groups excluding carboxylic acids is 1. The van der Waals surface area contributed by atoms with Gasteiger partial charge in [0.05, 0.1) is 13.2 Å². The van der Waals surface area contributed by atoms with Crippen LogP contribution in [0.25, 0.3) is 0 Å². The van der Waals surface area contributed by atoms with Crippen molar-refractivity contribution in [1.82, 2.24) is 10.6 Å². The number of rotatable bonds is 4. The van der Waals surface area contributed by atoms with Gasteiger partial charge in [0.15, 0.2) is 0 Å². The Bertz CT molecular complexity index is 247. The lowest BCUT2D eigenvalue weighted by atomic mass is 10.2. The highest BCUT2D eigenvalue weighted by molar-refractivity contribution is 8.06. The summed E-state index contributed by atoms with van der Waals surface area (Å²) >= 11 is 3.96. The maximum absolute atomic E-state index is 11.7. The van der Waals surface area contributed by atoms with E-state index in [-0.39, 0.29) is 24.4 Å². The second-order valence-corrected chi connectivity index (χ2v) is 6.86. The van der Waals surface area contributed by atoms with E-state index in [4.69, 9.17) is 4.74 Å². The van der Waals surface area contributed by atoms with Crippen LogP contribution in [-0.2, 0) is 9.53 Å². The first kappa shape index (κ1) is 16.4. The van der Waals surface area contributed by atoms with E-state index in [9.17, 15) is 4.79 Å². The van der Waals surface area contributed by atoms with E-state index < -0.39 is 0 Å². The molecule has 0 aromatic heterocycles. The van der Waals surface area contributed by atoms with Crippen LogP contribution in [0.1, 0.15) is 6.42 Å². The minimum atomic E-state index is 0. The van der Waals surface area contributed by atoms with Gasteiger partial charge in [0.2, 0.25) is 5.91 Å². The van der Waals surface area contributed by atoms with E-state index in [0.717, 1.165) is 25.4 Å². The van der Waals surface area contributed by atoms with Crippen LogP contribution in [0.2, 0.25) is 0 Å². The quantitative estimate of drug-likeness (QED) is 0.802. The third-order valence-corrected chi connectivity index (χ3v) is 5.69. The molecular formula is C11H21ClN2O2S2. The van der Waals surface area contributed by atoms with Gasteiger partial charge in [-0.1, -0.05) is 0 Å². The maximum Gasteiger partial charge on any atom is 0.221 e. The monoisotopic (exact) mass is 312 g/mol. The molecule has 2 N–H and O–H groups in total. The first-order chi connectivity index (χ1) is 8.34. The van der Waals surface area contributed by atoms with Crippen LogP contribution in [0.15, 0.2) is 0 Å². The SMILES string of the molecule is Cl.O=C(CC1COCCN1)NCC1CSCCS1. The minimum absolute atomic E-state index is 0. The maximum atomic E-state index is 11.7. The minimum Gasteiger partial charge on any atom is -0.378 e. The summed E-state index contributed by atoms with van der Waals surface area (Å²) in [6, 6.07) is 0.192. The van der Waals surface area contributed by atoms with Crippen LogP contribution < -0.4 is 10.6 Å². The van der Waals surface area contributed by atoms with Gasteiger partial charge in [-0.3, -0.25) is 4.79 Å². The number of nitrogens with one attached hydrogen (secondary N) is 2. The van der Waals surface area contributed by atoms with Crippen molar-refractivity contribution in [1.29, 1.82) is 0 Å². The summed E-state index contributed by atoms with van der Waals surface area (Å²) in [4.78, 5) is 11.7. The number of hydrogen-bond donors (Lipinski definition) is 2. The Hall–Kier alpha value is 0.380. The van der Waals surface area contributed by atoms with Gasteiger partial charge in [0, 0.05) is 48.1 Å². The van der Waals surface area contributed by atoms with Gasteiger partial charge in [-0.25, -0.2) is 0 Å². The molecule has 2 aliphatic heterocycles. The molecule has 0 aromatic carbocycles. The van der Waals surface area contributed by atoms with E-state index >= 15 is 0 Å². The fourth-order valence-corrected chi connectivity index (χ4v) is 4.54. The van der Waals surface area contributed by atoms with E-state index in [0.29, 0.717) is 18.3 Å². The Morgan fingerprint density at radius 1 is 1.44 bits per heavy atom. The molecule has 0 aromatic rings. The summed E-state index contributed by atoms with van der Waals surface area (Å²) < 4.78 is 5.33. The first-order valence-electron chi connectivity index (χ1n) is 6.12. The molecule has 2 unspecified atom stereocenters. The highest BCUT2D eigenvalue weighted by Gasteiger charge is 2.18. The van der Waals surface area contributed by atoms with Crippen molar-refractivity contribution in [3.63, 3.8) is 0 Å². The van der Waals surface area contributed by atoms with Crippen LogP contribution in [0.3, 0.4) is 0 Å². The Morgan fingerprint density at radius 3 is 3.00 bits per heavy atom. The van der Waals surface area contributed by atoms with Gasteiger partial charge in [0.1, 0.15) is 0 Å². The van der Waals surface area contributed by atoms with Crippen molar-refractivity contribution in [2.45, 2.75) is 17.7 Å². The molecule has 1 amide bonds. The second-order valence-electron chi connectivity index (χ2n) is 4.30. The van der Waals surface area contributed by atoms with Crippen molar-refractivity contribution in [3.05, 3.63) is 0 Å². The summed E-state index contributed by atoms with van der Waals surface area (Å²) in [5.74, 6) is 3.77. The van der Waals surface area contributed by atoms with Gasteiger partial charge >= 0.3 is 0 Å². The van der Waals surface area contributed by atoms with Crippen molar-refractivity contribution < 1.29 is 9.53 Å². The predicted molar refractivity (Wildman–Crippen MR) is 81.1 cm³/mol. The highest BCUT2D eigenvalue weighted by Crippen LogP contribution is 2.23. The Labute approximate surface area is 123 Å². The Kier molecular flexibility index (Phi) is 8.50. The normalized spacial score (nSPS) is 28.2. The van der Waals surface area contributed by atoms with Crippen LogP contribution in [0.5, 0.6) is 0 Å². The molecule has 0 aliphatic carbocycles. The predicted octanol–water partition coefficient (Wildman–Crippen LogP) is 0.752. The fraction of sp³-hybridized carbons (Fsp3) is 0.909. The van der Waals surface area contributed by atoms with Gasteiger partial charge in [-0.15, -0.1) is 12.4 Å². The average Bonchev–Trinajstić information content (AvgIpc) is 2.39. The molecule has 2 fully saturated rings. The molecule has 0 saturated carbocycles. The van der Waals surface area contributed by atoms with Crippen molar-refractivity contribution in [3.8, 4) is 0 Å². The molecule has 0 bridgehead atoms. The average molecular weight is 313 g/mol. The number of hydrogen-bond acceptors (Lipinski definition) is 5. The zero-order valence-electron chi connectivity index (χ0n) is 10.4. The highest BCUT2D eigenvalue weighted by atomic mass is 35.5. The molecule has 2 saturated heterocycles. The molecule has 4 nitrogen and oxygen atoms in total. The topological polar surface area (TPSA) is 50.4 Å². The third kappa shape index (κ3) is 6.02. The molecular weight excluding hydrogens is 292 g/mol. The molecule has 106 valence electrons. The van der Waals surface area contributed by atoms with Crippen LogP contribution in [0.4, 0.5) is 0 Å². The molecule has 0 radical (unpaired) electrons. The molecule has 2 heterocycles. The van der Waals surface area contributed by atoms with Crippen molar-refractivity contribution in [2.75, 3.05) is 43.6 Å². The summed E-state index contributed by atoms with van der Waals surface area (Å²) in [6.07, 6.45) is 0.532. The molecule has 0 spiro atoms. The van der Waals surface area contributed by atoms with Crippen LogP contribution in [-0.4, -0.2) is 60.8 Å². The molecule has 2 aliphatic rings. The second kappa shape index (κ2) is 9.31.